The second-order valence-corrected chi connectivity index (χ2v) is 6.15. The summed E-state index contributed by atoms with van der Waals surface area (Å²) in [7, 11) is 0. The SMILES string of the molecule is CCCC1=C(c2ccccn2)C(C2=CC=CC(=N)C2=N)/C(=C/N)C(N)=N1. The first-order valence-corrected chi connectivity index (χ1v) is 8.55. The Balaban J connectivity index is 2.28. The van der Waals surface area contributed by atoms with Gasteiger partial charge in [0.2, 0.25) is 0 Å². The Morgan fingerprint density at radius 3 is 2.73 bits per heavy atom. The Hall–Kier alpha value is -3.28. The number of rotatable bonds is 4. The fraction of sp³-hybridized carbons (Fsp3) is 0.200. The van der Waals surface area contributed by atoms with Crippen LogP contribution in [0.2, 0.25) is 0 Å². The third kappa shape index (κ3) is 3.01. The molecule has 0 aromatic carbocycles. The van der Waals surface area contributed by atoms with Crippen LogP contribution >= 0.6 is 0 Å². The van der Waals surface area contributed by atoms with Crippen LogP contribution in [-0.2, 0) is 0 Å². The molecule has 0 amide bonds. The number of nitrogens with one attached hydrogen (secondary N) is 2. The quantitative estimate of drug-likeness (QED) is 0.626. The van der Waals surface area contributed by atoms with E-state index in [0.717, 1.165) is 29.8 Å². The van der Waals surface area contributed by atoms with Crippen LogP contribution < -0.4 is 11.5 Å². The van der Waals surface area contributed by atoms with E-state index in [9.17, 15) is 0 Å². The van der Waals surface area contributed by atoms with Gasteiger partial charge in [-0.1, -0.05) is 31.6 Å². The van der Waals surface area contributed by atoms with Gasteiger partial charge in [0.1, 0.15) is 5.84 Å². The number of aromatic nitrogens is 1. The molecule has 3 rings (SSSR count). The Morgan fingerprint density at radius 2 is 2.08 bits per heavy atom. The number of hydrogen-bond acceptors (Lipinski definition) is 6. The van der Waals surface area contributed by atoms with Gasteiger partial charge in [0, 0.05) is 35.2 Å². The summed E-state index contributed by atoms with van der Waals surface area (Å²) in [4.78, 5) is 9.10. The molecule has 2 heterocycles. The van der Waals surface area contributed by atoms with Crippen molar-refractivity contribution in [3.8, 4) is 0 Å². The Bertz CT molecular complexity index is 899. The Kier molecular flexibility index (Phi) is 4.93. The van der Waals surface area contributed by atoms with Gasteiger partial charge in [0.15, 0.2) is 0 Å². The summed E-state index contributed by atoms with van der Waals surface area (Å²) in [6.07, 6.45) is 10.1. The lowest BCUT2D eigenvalue weighted by atomic mass is 9.75. The van der Waals surface area contributed by atoms with Gasteiger partial charge in [0.05, 0.1) is 17.1 Å². The molecule has 0 spiro atoms. The standard InChI is InChI=1S/C20H22N6/c1-2-6-16-18(15-9-3-4-10-25-15)17(13(11-21)20(24)26-16)12-7-5-8-14(22)19(12)23/h3-5,7-11,17,22-23H,2,6,21H2,1H3,(H2,24,26)/b13-11-,22-14?,23-19?. The molecule has 6 nitrogen and oxygen atoms in total. The summed E-state index contributed by atoms with van der Waals surface area (Å²) in [5, 5.41) is 16.4. The first-order chi connectivity index (χ1) is 12.6. The molecular formula is C20H22N6. The lowest BCUT2D eigenvalue weighted by molar-refractivity contribution is 0.851. The fourth-order valence-electron chi connectivity index (χ4n) is 3.30. The molecule has 26 heavy (non-hydrogen) atoms. The van der Waals surface area contributed by atoms with E-state index >= 15 is 0 Å². The smallest absolute Gasteiger partial charge is 0.129 e. The van der Waals surface area contributed by atoms with Gasteiger partial charge in [-0.15, -0.1) is 0 Å². The first-order valence-electron chi connectivity index (χ1n) is 8.55. The maximum atomic E-state index is 8.40. The van der Waals surface area contributed by atoms with Crippen molar-refractivity contribution in [2.24, 2.45) is 22.4 Å². The molecular weight excluding hydrogens is 324 g/mol. The number of allylic oxidation sites excluding steroid dienone is 6. The third-order valence-electron chi connectivity index (χ3n) is 4.48. The third-order valence-corrected chi connectivity index (χ3v) is 4.48. The average Bonchev–Trinajstić information content (AvgIpc) is 2.64. The predicted octanol–water partition coefficient (Wildman–Crippen LogP) is 2.96. The minimum Gasteiger partial charge on any atom is -0.404 e. The van der Waals surface area contributed by atoms with Crippen LogP contribution in [0.25, 0.3) is 5.57 Å². The van der Waals surface area contributed by atoms with Crippen LogP contribution in [0.5, 0.6) is 0 Å². The van der Waals surface area contributed by atoms with Gasteiger partial charge < -0.3 is 11.5 Å². The number of pyridine rings is 1. The minimum absolute atomic E-state index is 0.163. The number of amidine groups is 1. The molecule has 1 aromatic heterocycles. The molecule has 6 heteroatoms. The lowest BCUT2D eigenvalue weighted by Gasteiger charge is -2.31. The Labute approximate surface area is 152 Å². The zero-order chi connectivity index (χ0) is 18.7. The largest absolute Gasteiger partial charge is 0.404 e. The molecule has 0 saturated heterocycles. The van der Waals surface area contributed by atoms with Crippen molar-refractivity contribution in [2.45, 2.75) is 19.8 Å². The van der Waals surface area contributed by atoms with Crippen molar-refractivity contribution < 1.29 is 0 Å². The highest BCUT2D eigenvalue weighted by Gasteiger charge is 2.35. The summed E-state index contributed by atoms with van der Waals surface area (Å²) in [5.74, 6) is -0.0119. The van der Waals surface area contributed by atoms with Crippen molar-refractivity contribution >= 4 is 22.8 Å². The van der Waals surface area contributed by atoms with E-state index in [1.165, 1.54) is 6.20 Å². The normalized spacial score (nSPS) is 21.9. The number of nitrogens with two attached hydrogens (primary N) is 2. The topological polar surface area (TPSA) is 125 Å². The highest BCUT2D eigenvalue weighted by atomic mass is 14.9. The molecule has 1 aliphatic heterocycles. The van der Waals surface area contributed by atoms with E-state index in [4.69, 9.17) is 22.3 Å². The zero-order valence-corrected chi connectivity index (χ0v) is 14.7. The molecule has 0 saturated carbocycles. The van der Waals surface area contributed by atoms with Gasteiger partial charge in [-0.3, -0.25) is 15.8 Å². The van der Waals surface area contributed by atoms with Gasteiger partial charge in [-0.05, 0) is 30.2 Å². The van der Waals surface area contributed by atoms with Crippen molar-refractivity contribution in [1.82, 2.24) is 4.98 Å². The molecule has 0 bridgehead atoms. The maximum absolute atomic E-state index is 8.40. The summed E-state index contributed by atoms with van der Waals surface area (Å²) < 4.78 is 0. The number of aliphatic imine (C=N–C) groups is 1. The van der Waals surface area contributed by atoms with Crippen LogP contribution in [0.3, 0.4) is 0 Å². The molecule has 0 fully saturated rings. The molecule has 1 aromatic rings. The molecule has 1 unspecified atom stereocenters. The summed E-state index contributed by atoms with van der Waals surface area (Å²) in [5.41, 5.74) is 16.3. The van der Waals surface area contributed by atoms with E-state index in [0.29, 0.717) is 17.0 Å². The molecule has 1 aliphatic carbocycles. The van der Waals surface area contributed by atoms with Crippen LogP contribution in [0.1, 0.15) is 25.5 Å². The summed E-state index contributed by atoms with van der Waals surface area (Å²) in [6.45, 7) is 2.08. The van der Waals surface area contributed by atoms with E-state index in [-0.39, 0.29) is 17.3 Å². The lowest BCUT2D eigenvalue weighted by Crippen LogP contribution is -2.32. The van der Waals surface area contributed by atoms with E-state index in [1.54, 1.807) is 18.3 Å². The maximum Gasteiger partial charge on any atom is 0.129 e. The highest BCUT2D eigenvalue weighted by molar-refractivity contribution is 6.51. The number of hydrogen-bond donors (Lipinski definition) is 4. The molecule has 132 valence electrons. The molecule has 6 N–H and O–H groups in total. The first kappa shape index (κ1) is 17.5. The van der Waals surface area contributed by atoms with Crippen molar-refractivity contribution in [3.63, 3.8) is 0 Å². The van der Waals surface area contributed by atoms with Gasteiger partial charge in [0.25, 0.3) is 0 Å². The van der Waals surface area contributed by atoms with Crippen LogP contribution in [-0.4, -0.2) is 22.2 Å². The van der Waals surface area contributed by atoms with Crippen molar-refractivity contribution in [2.75, 3.05) is 0 Å². The van der Waals surface area contributed by atoms with Crippen LogP contribution in [0.15, 0.2) is 70.7 Å². The second kappa shape index (κ2) is 7.31. The molecule has 0 radical (unpaired) electrons. The Morgan fingerprint density at radius 1 is 1.27 bits per heavy atom. The van der Waals surface area contributed by atoms with E-state index in [1.807, 2.05) is 24.3 Å². The van der Waals surface area contributed by atoms with Crippen LogP contribution in [0.4, 0.5) is 0 Å². The van der Waals surface area contributed by atoms with Crippen molar-refractivity contribution in [3.05, 3.63) is 71.4 Å². The van der Waals surface area contributed by atoms with Gasteiger partial charge >= 0.3 is 0 Å². The van der Waals surface area contributed by atoms with Gasteiger partial charge in [-0.2, -0.15) is 0 Å². The van der Waals surface area contributed by atoms with Crippen LogP contribution in [0, 0.1) is 16.7 Å². The minimum atomic E-state index is -0.369. The summed E-state index contributed by atoms with van der Waals surface area (Å²) in [6, 6.07) is 5.71. The predicted molar refractivity (Wildman–Crippen MR) is 106 cm³/mol. The monoisotopic (exact) mass is 346 g/mol. The molecule has 2 aliphatic rings. The van der Waals surface area contributed by atoms with E-state index < -0.39 is 0 Å². The van der Waals surface area contributed by atoms with Crippen molar-refractivity contribution in [1.29, 1.82) is 10.8 Å². The fourth-order valence-corrected chi connectivity index (χ4v) is 3.30. The summed E-state index contributed by atoms with van der Waals surface area (Å²) >= 11 is 0. The average molecular weight is 346 g/mol. The second-order valence-electron chi connectivity index (χ2n) is 6.15. The zero-order valence-electron chi connectivity index (χ0n) is 14.7. The number of nitrogens with zero attached hydrogens (tertiary/aromatic N) is 2. The molecule has 1 atom stereocenters. The van der Waals surface area contributed by atoms with Gasteiger partial charge in [-0.25, -0.2) is 4.99 Å². The van der Waals surface area contributed by atoms with E-state index in [2.05, 4.69) is 16.9 Å². The highest BCUT2D eigenvalue weighted by Crippen LogP contribution is 2.42.